The summed E-state index contributed by atoms with van der Waals surface area (Å²) in [6.45, 7) is 9.66. The van der Waals surface area contributed by atoms with Crippen molar-refractivity contribution in [2.24, 2.45) is 0 Å². The van der Waals surface area contributed by atoms with Gasteiger partial charge >= 0.3 is 0 Å². The fourth-order valence-electron chi connectivity index (χ4n) is 1.64. The van der Waals surface area contributed by atoms with Crippen LogP contribution in [0.5, 0.6) is 0 Å². The lowest BCUT2D eigenvalue weighted by Gasteiger charge is -2.27. The van der Waals surface area contributed by atoms with Gasteiger partial charge in [-0.1, -0.05) is 0 Å². The lowest BCUT2D eigenvalue weighted by Crippen LogP contribution is -2.36. The number of nitrogens with one attached hydrogen (secondary N) is 2. The molecule has 0 saturated carbocycles. The minimum atomic E-state index is -0.155. The van der Waals surface area contributed by atoms with E-state index in [1.807, 2.05) is 13.8 Å². The number of methoxy groups -OCH3 is 1. The highest BCUT2D eigenvalue weighted by Gasteiger charge is 2.19. The van der Waals surface area contributed by atoms with Gasteiger partial charge in [-0.15, -0.1) is 0 Å². The average Bonchev–Trinajstić information content (AvgIpc) is 2.24. The fourth-order valence-corrected chi connectivity index (χ4v) is 1.64. The predicted octanol–water partition coefficient (Wildman–Crippen LogP) is 2.05. The molecule has 0 saturated heterocycles. The van der Waals surface area contributed by atoms with Crippen LogP contribution in [0.3, 0.4) is 0 Å². The van der Waals surface area contributed by atoms with Crippen LogP contribution in [0.15, 0.2) is 6.33 Å². The fraction of sp³-hybridized carbons (Fsp3) is 0.667. The number of aromatic nitrogens is 2. The van der Waals surface area contributed by atoms with Crippen LogP contribution >= 0.6 is 0 Å². The van der Waals surface area contributed by atoms with Gasteiger partial charge in [0.05, 0.1) is 12.1 Å². The number of rotatable bonds is 6. The zero-order valence-corrected chi connectivity index (χ0v) is 11.3. The first-order chi connectivity index (χ1) is 8.00. The maximum absolute atomic E-state index is 5.17. The van der Waals surface area contributed by atoms with Crippen molar-refractivity contribution in [3.05, 3.63) is 11.9 Å². The highest BCUT2D eigenvalue weighted by Crippen LogP contribution is 2.21. The lowest BCUT2D eigenvalue weighted by atomic mass is 10.1. The van der Waals surface area contributed by atoms with Crippen LogP contribution in [0.25, 0.3) is 0 Å². The van der Waals surface area contributed by atoms with Gasteiger partial charge in [0.2, 0.25) is 0 Å². The summed E-state index contributed by atoms with van der Waals surface area (Å²) in [6.07, 6.45) is 1.57. The number of anilines is 2. The molecule has 1 heterocycles. The molecule has 0 spiro atoms. The smallest absolute Gasteiger partial charge is 0.134 e. The van der Waals surface area contributed by atoms with E-state index < -0.39 is 0 Å². The quantitative estimate of drug-likeness (QED) is 0.794. The van der Waals surface area contributed by atoms with Crippen LogP contribution in [0.2, 0.25) is 0 Å². The SMILES string of the molecule is CCNc1ncnc(NC(C)(C)COC)c1C. The maximum atomic E-state index is 5.17. The highest BCUT2D eigenvalue weighted by molar-refractivity contribution is 5.57. The van der Waals surface area contributed by atoms with Crippen molar-refractivity contribution in [1.29, 1.82) is 0 Å². The number of nitrogens with zero attached hydrogens (tertiary/aromatic N) is 2. The molecule has 96 valence electrons. The average molecular weight is 238 g/mol. The first-order valence-corrected chi connectivity index (χ1v) is 5.82. The summed E-state index contributed by atoms with van der Waals surface area (Å²) in [7, 11) is 1.69. The molecule has 1 aromatic heterocycles. The molecule has 5 nitrogen and oxygen atoms in total. The molecule has 0 fully saturated rings. The van der Waals surface area contributed by atoms with Gasteiger partial charge in [-0.2, -0.15) is 0 Å². The lowest BCUT2D eigenvalue weighted by molar-refractivity contribution is 0.158. The summed E-state index contributed by atoms with van der Waals surface area (Å²) >= 11 is 0. The number of hydrogen-bond donors (Lipinski definition) is 2. The molecular weight excluding hydrogens is 216 g/mol. The largest absolute Gasteiger partial charge is 0.382 e. The minimum absolute atomic E-state index is 0.155. The van der Waals surface area contributed by atoms with E-state index in [2.05, 4.69) is 34.4 Å². The Morgan fingerprint density at radius 1 is 1.29 bits per heavy atom. The van der Waals surface area contributed by atoms with Gasteiger partial charge in [-0.05, 0) is 27.7 Å². The van der Waals surface area contributed by atoms with Crippen molar-refractivity contribution in [3.63, 3.8) is 0 Å². The molecule has 2 N–H and O–H groups in total. The number of hydrogen-bond acceptors (Lipinski definition) is 5. The Bertz CT molecular complexity index is 366. The minimum Gasteiger partial charge on any atom is -0.382 e. The Morgan fingerprint density at radius 2 is 1.94 bits per heavy atom. The second-order valence-corrected chi connectivity index (χ2v) is 4.67. The third-order valence-electron chi connectivity index (χ3n) is 2.39. The Morgan fingerprint density at radius 3 is 2.53 bits per heavy atom. The van der Waals surface area contributed by atoms with E-state index in [1.165, 1.54) is 0 Å². The van der Waals surface area contributed by atoms with Gasteiger partial charge in [-0.3, -0.25) is 0 Å². The summed E-state index contributed by atoms with van der Waals surface area (Å²) in [5.41, 5.74) is 0.871. The van der Waals surface area contributed by atoms with Gasteiger partial charge in [-0.25, -0.2) is 9.97 Å². The molecule has 0 aliphatic heterocycles. The second-order valence-electron chi connectivity index (χ2n) is 4.67. The third-order valence-corrected chi connectivity index (χ3v) is 2.39. The van der Waals surface area contributed by atoms with E-state index >= 15 is 0 Å². The molecule has 0 bridgehead atoms. The monoisotopic (exact) mass is 238 g/mol. The molecule has 0 radical (unpaired) electrons. The van der Waals surface area contributed by atoms with Crippen LogP contribution < -0.4 is 10.6 Å². The van der Waals surface area contributed by atoms with Crippen molar-refractivity contribution in [3.8, 4) is 0 Å². The van der Waals surface area contributed by atoms with Crippen LogP contribution in [0, 0.1) is 6.92 Å². The summed E-state index contributed by atoms with van der Waals surface area (Å²) in [5.74, 6) is 1.72. The van der Waals surface area contributed by atoms with Crippen molar-refractivity contribution < 1.29 is 4.74 Å². The molecule has 5 heteroatoms. The van der Waals surface area contributed by atoms with E-state index in [4.69, 9.17) is 4.74 Å². The zero-order chi connectivity index (χ0) is 12.9. The van der Waals surface area contributed by atoms with E-state index in [0.717, 1.165) is 23.7 Å². The Labute approximate surface area is 103 Å². The molecule has 0 aliphatic rings. The standard InChI is InChI=1S/C12H22N4O/c1-6-13-10-9(2)11(15-8-14-10)16-12(3,4)7-17-5/h8H,6-7H2,1-5H3,(H2,13,14,15,16). The van der Waals surface area contributed by atoms with Crippen LogP contribution in [0.1, 0.15) is 26.3 Å². The van der Waals surface area contributed by atoms with Crippen LogP contribution in [-0.2, 0) is 4.74 Å². The van der Waals surface area contributed by atoms with E-state index in [1.54, 1.807) is 13.4 Å². The molecule has 1 aromatic rings. The molecule has 0 atom stereocenters. The first kappa shape index (κ1) is 13.7. The Kier molecular flexibility index (Phi) is 4.69. The molecule has 0 unspecified atom stereocenters. The van der Waals surface area contributed by atoms with Gasteiger partial charge in [0.1, 0.15) is 18.0 Å². The first-order valence-electron chi connectivity index (χ1n) is 5.82. The van der Waals surface area contributed by atoms with Crippen molar-refractivity contribution in [2.75, 3.05) is 30.9 Å². The van der Waals surface area contributed by atoms with Crippen LogP contribution in [0.4, 0.5) is 11.6 Å². The van der Waals surface area contributed by atoms with Gasteiger partial charge in [0.25, 0.3) is 0 Å². The normalized spacial score (nSPS) is 11.4. The van der Waals surface area contributed by atoms with Crippen molar-refractivity contribution in [2.45, 2.75) is 33.2 Å². The molecule has 0 aromatic carbocycles. The Balaban J connectivity index is 2.87. The zero-order valence-electron chi connectivity index (χ0n) is 11.3. The summed E-state index contributed by atoms with van der Waals surface area (Å²) in [4.78, 5) is 8.48. The Hall–Kier alpha value is -1.36. The molecule has 0 amide bonds. The predicted molar refractivity (Wildman–Crippen MR) is 70.5 cm³/mol. The van der Waals surface area contributed by atoms with E-state index in [0.29, 0.717) is 6.61 Å². The van der Waals surface area contributed by atoms with E-state index in [9.17, 15) is 0 Å². The summed E-state index contributed by atoms with van der Waals surface area (Å²) < 4.78 is 5.17. The van der Waals surface area contributed by atoms with Gasteiger partial charge in [0, 0.05) is 19.2 Å². The molecule has 1 rings (SSSR count). The third kappa shape index (κ3) is 3.85. The molecular formula is C12H22N4O. The molecule has 0 aliphatic carbocycles. The summed E-state index contributed by atoms with van der Waals surface area (Å²) in [5, 5.41) is 6.58. The van der Waals surface area contributed by atoms with E-state index in [-0.39, 0.29) is 5.54 Å². The van der Waals surface area contributed by atoms with Crippen molar-refractivity contribution in [1.82, 2.24) is 9.97 Å². The second kappa shape index (κ2) is 5.82. The van der Waals surface area contributed by atoms with Crippen LogP contribution in [-0.4, -0.2) is 35.8 Å². The van der Waals surface area contributed by atoms with Gasteiger partial charge < -0.3 is 15.4 Å². The number of ether oxygens (including phenoxy) is 1. The maximum Gasteiger partial charge on any atom is 0.134 e. The molecule has 17 heavy (non-hydrogen) atoms. The van der Waals surface area contributed by atoms with Gasteiger partial charge in [0.15, 0.2) is 0 Å². The topological polar surface area (TPSA) is 59.1 Å². The van der Waals surface area contributed by atoms with Crippen molar-refractivity contribution >= 4 is 11.6 Å². The highest BCUT2D eigenvalue weighted by atomic mass is 16.5. The summed E-state index contributed by atoms with van der Waals surface area (Å²) in [6, 6.07) is 0.